The second kappa shape index (κ2) is 5.10. The van der Waals surface area contributed by atoms with E-state index in [0.717, 1.165) is 6.42 Å². The quantitative estimate of drug-likeness (QED) is 0.812. The molecule has 21 heavy (non-hydrogen) atoms. The van der Waals surface area contributed by atoms with E-state index in [9.17, 15) is 0 Å². The highest BCUT2D eigenvalue weighted by atomic mass is 16.6. The topological polar surface area (TPSA) is 18.5 Å². The van der Waals surface area contributed by atoms with Gasteiger partial charge in [0.05, 0.1) is 23.9 Å². The van der Waals surface area contributed by atoms with Gasteiger partial charge in [-0.25, -0.2) is 0 Å². The highest BCUT2D eigenvalue weighted by Crippen LogP contribution is 2.58. The SMILES string of the molecule is Cc1ccccc1CO[C@@H]1[C@@H](C)[C@@]2(C(C)C)CC[C@]1(C)O2. The van der Waals surface area contributed by atoms with Crippen molar-refractivity contribution < 1.29 is 9.47 Å². The van der Waals surface area contributed by atoms with Crippen LogP contribution < -0.4 is 0 Å². The van der Waals surface area contributed by atoms with E-state index in [0.29, 0.717) is 18.4 Å². The van der Waals surface area contributed by atoms with Crippen LogP contribution in [-0.4, -0.2) is 17.3 Å². The minimum Gasteiger partial charge on any atom is -0.370 e. The zero-order valence-electron chi connectivity index (χ0n) is 14.0. The molecule has 2 fully saturated rings. The predicted octanol–water partition coefficient (Wildman–Crippen LogP) is 4.49. The van der Waals surface area contributed by atoms with E-state index in [1.54, 1.807) is 0 Å². The summed E-state index contributed by atoms with van der Waals surface area (Å²) in [6.07, 6.45) is 2.49. The van der Waals surface area contributed by atoms with Crippen LogP contribution in [-0.2, 0) is 16.1 Å². The minimum atomic E-state index is -0.105. The summed E-state index contributed by atoms with van der Waals surface area (Å²) in [6.45, 7) is 12.0. The lowest BCUT2D eigenvalue weighted by Gasteiger charge is -2.38. The van der Waals surface area contributed by atoms with Crippen molar-refractivity contribution in [2.24, 2.45) is 11.8 Å². The van der Waals surface area contributed by atoms with Gasteiger partial charge in [-0.15, -0.1) is 0 Å². The number of hydrogen-bond acceptors (Lipinski definition) is 2. The van der Waals surface area contributed by atoms with Gasteiger partial charge in [0.15, 0.2) is 0 Å². The molecule has 3 rings (SSSR count). The second-order valence-electron chi connectivity index (χ2n) is 7.47. The van der Waals surface area contributed by atoms with E-state index in [-0.39, 0.29) is 17.3 Å². The summed E-state index contributed by atoms with van der Waals surface area (Å²) in [7, 11) is 0. The van der Waals surface area contributed by atoms with Crippen LogP contribution in [0.2, 0.25) is 0 Å². The predicted molar refractivity (Wildman–Crippen MR) is 85.2 cm³/mol. The molecule has 0 spiro atoms. The first-order valence-electron chi connectivity index (χ1n) is 8.25. The first-order valence-corrected chi connectivity index (χ1v) is 8.25. The Morgan fingerprint density at radius 2 is 2.00 bits per heavy atom. The summed E-state index contributed by atoms with van der Waals surface area (Å²) in [5.74, 6) is 1.00. The Balaban J connectivity index is 1.76. The van der Waals surface area contributed by atoms with Crippen LogP contribution >= 0.6 is 0 Å². The summed E-state index contributed by atoms with van der Waals surface area (Å²) in [5.41, 5.74) is 2.50. The number of benzene rings is 1. The Labute approximate surface area is 128 Å². The lowest BCUT2D eigenvalue weighted by molar-refractivity contribution is -0.0961. The third kappa shape index (κ3) is 2.24. The molecule has 2 heterocycles. The summed E-state index contributed by atoms with van der Waals surface area (Å²) in [4.78, 5) is 0. The summed E-state index contributed by atoms with van der Waals surface area (Å²) in [5, 5.41) is 0. The van der Waals surface area contributed by atoms with Crippen molar-refractivity contribution in [3.05, 3.63) is 35.4 Å². The summed E-state index contributed by atoms with van der Waals surface area (Å²) < 4.78 is 12.9. The molecule has 0 radical (unpaired) electrons. The average Bonchev–Trinajstić information content (AvgIpc) is 2.90. The number of rotatable bonds is 4. The molecule has 0 N–H and O–H groups in total. The zero-order valence-corrected chi connectivity index (χ0v) is 14.0. The van der Waals surface area contributed by atoms with Crippen molar-refractivity contribution >= 4 is 0 Å². The molecule has 2 aliphatic heterocycles. The van der Waals surface area contributed by atoms with Crippen LogP contribution in [0, 0.1) is 18.8 Å². The van der Waals surface area contributed by atoms with Gasteiger partial charge in [0.25, 0.3) is 0 Å². The number of hydrogen-bond donors (Lipinski definition) is 0. The fourth-order valence-corrected chi connectivity index (χ4v) is 4.49. The lowest BCUT2D eigenvalue weighted by atomic mass is 9.69. The fourth-order valence-electron chi connectivity index (χ4n) is 4.49. The van der Waals surface area contributed by atoms with Gasteiger partial charge >= 0.3 is 0 Å². The van der Waals surface area contributed by atoms with E-state index in [1.807, 2.05) is 0 Å². The molecule has 2 nitrogen and oxygen atoms in total. The molecular weight excluding hydrogens is 260 g/mol. The second-order valence-corrected chi connectivity index (χ2v) is 7.47. The summed E-state index contributed by atoms with van der Waals surface area (Å²) in [6, 6.07) is 8.48. The van der Waals surface area contributed by atoms with Gasteiger partial charge in [0.2, 0.25) is 0 Å². The van der Waals surface area contributed by atoms with Crippen LogP contribution in [0.1, 0.15) is 51.7 Å². The molecule has 1 aromatic rings. The maximum absolute atomic E-state index is 6.53. The molecule has 0 aliphatic carbocycles. The van der Waals surface area contributed by atoms with E-state index in [2.05, 4.69) is 58.9 Å². The third-order valence-corrected chi connectivity index (χ3v) is 5.92. The van der Waals surface area contributed by atoms with Gasteiger partial charge < -0.3 is 9.47 Å². The number of aryl methyl sites for hydroxylation is 1. The molecule has 2 saturated heterocycles. The van der Waals surface area contributed by atoms with Crippen LogP contribution in [0.5, 0.6) is 0 Å². The smallest absolute Gasteiger partial charge is 0.0927 e. The average molecular weight is 288 g/mol. The standard InChI is InChI=1S/C19H28O2/c1-13(2)19-11-10-18(5,21-19)17(15(19)4)20-12-16-9-7-6-8-14(16)3/h6-9,13,15,17H,10-12H2,1-5H3/t15-,17-,18+,19+/m1/s1. The van der Waals surface area contributed by atoms with E-state index >= 15 is 0 Å². The van der Waals surface area contributed by atoms with E-state index < -0.39 is 0 Å². The van der Waals surface area contributed by atoms with Crippen LogP contribution in [0.3, 0.4) is 0 Å². The van der Waals surface area contributed by atoms with Crippen LogP contribution in [0.25, 0.3) is 0 Å². The molecule has 2 bridgehead atoms. The normalized spacial score (nSPS) is 38.4. The van der Waals surface area contributed by atoms with Gasteiger partial charge in [0, 0.05) is 5.92 Å². The highest BCUT2D eigenvalue weighted by molar-refractivity contribution is 5.25. The Morgan fingerprint density at radius 1 is 1.29 bits per heavy atom. The van der Waals surface area contributed by atoms with E-state index in [4.69, 9.17) is 9.47 Å². The monoisotopic (exact) mass is 288 g/mol. The van der Waals surface area contributed by atoms with Gasteiger partial charge in [-0.05, 0) is 43.7 Å². The molecule has 4 atom stereocenters. The minimum absolute atomic E-state index is 0.0190. The molecule has 0 aromatic heterocycles. The molecule has 1 aromatic carbocycles. The maximum Gasteiger partial charge on any atom is 0.0927 e. The van der Waals surface area contributed by atoms with Crippen LogP contribution in [0.15, 0.2) is 24.3 Å². The number of ether oxygens (including phenoxy) is 2. The molecular formula is C19H28O2. The van der Waals surface area contributed by atoms with Gasteiger partial charge in [-0.1, -0.05) is 45.0 Å². The van der Waals surface area contributed by atoms with Crippen LogP contribution in [0.4, 0.5) is 0 Å². The highest BCUT2D eigenvalue weighted by Gasteiger charge is 2.65. The Hall–Kier alpha value is -0.860. The zero-order chi connectivity index (χ0) is 15.3. The summed E-state index contributed by atoms with van der Waals surface area (Å²) >= 11 is 0. The van der Waals surface area contributed by atoms with Gasteiger partial charge in [-0.3, -0.25) is 0 Å². The lowest BCUT2D eigenvalue weighted by Crippen LogP contribution is -2.46. The Bertz CT molecular complexity index is 524. The van der Waals surface area contributed by atoms with Crippen molar-refractivity contribution in [3.63, 3.8) is 0 Å². The molecule has 0 amide bonds. The number of fused-ring (bicyclic) bond motifs is 2. The van der Waals surface area contributed by atoms with Gasteiger partial charge in [-0.2, -0.15) is 0 Å². The Kier molecular flexibility index (Phi) is 3.66. The fraction of sp³-hybridized carbons (Fsp3) is 0.684. The van der Waals surface area contributed by atoms with E-state index in [1.165, 1.54) is 17.5 Å². The molecule has 2 heteroatoms. The molecule has 0 unspecified atom stereocenters. The van der Waals surface area contributed by atoms with Crippen molar-refractivity contribution in [3.8, 4) is 0 Å². The molecule has 2 aliphatic rings. The third-order valence-electron chi connectivity index (χ3n) is 5.92. The Morgan fingerprint density at radius 3 is 2.62 bits per heavy atom. The molecule has 116 valence electrons. The van der Waals surface area contributed by atoms with Crippen molar-refractivity contribution in [1.29, 1.82) is 0 Å². The van der Waals surface area contributed by atoms with Gasteiger partial charge in [0.1, 0.15) is 0 Å². The van der Waals surface area contributed by atoms with Crippen molar-refractivity contribution in [1.82, 2.24) is 0 Å². The van der Waals surface area contributed by atoms with Crippen molar-refractivity contribution in [2.75, 3.05) is 0 Å². The van der Waals surface area contributed by atoms with Crippen molar-refractivity contribution in [2.45, 2.75) is 71.4 Å². The maximum atomic E-state index is 6.53. The largest absolute Gasteiger partial charge is 0.370 e. The first-order chi connectivity index (χ1) is 9.89. The molecule has 0 saturated carbocycles. The first kappa shape index (κ1) is 15.1.